The molecule has 0 unspecified atom stereocenters. The molecule has 0 atom stereocenters. The lowest BCUT2D eigenvalue weighted by molar-refractivity contribution is 0.602. The van der Waals surface area contributed by atoms with Crippen LogP contribution in [0.25, 0.3) is 0 Å². The second kappa shape index (κ2) is 5.10. The summed E-state index contributed by atoms with van der Waals surface area (Å²) < 4.78 is 23.4. The fraction of sp³-hybridized carbons (Fsp3) is 0.462. The highest BCUT2D eigenvalue weighted by Gasteiger charge is 2.30. The van der Waals surface area contributed by atoms with Crippen molar-refractivity contribution in [3.8, 4) is 6.07 Å². The van der Waals surface area contributed by atoms with Crippen LogP contribution >= 0.6 is 0 Å². The van der Waals surface area contributed by atoms with Crippen LogP contribution in [0.2, 0.25) is 0 Å². The van der Waals surface area contributed by atoms with Gasteiger partial charge in [-0.2, -0.15) is 5.26 Å². The summed E-state index contributed by atoms with van der Waals surface area (Å²) in [6.45, 7) is 0.582. The van der Waals surface area contributed by atoms with Crippen LogP contribution in [0.4, 0.5) is 11.4 Å². The number of hydrogen-bond donors (Lipinski definition) is 1. The fourth-order valence-corrected chi connectivity index (χ4v) is 2.99. The zero-order valence-corrected chi connectivity index (χ0v) is 11.7. The molecule has 19 heavy (non-hydrogen) atoms. The molecule has 0 saturated heterocycles. The number of benzene rings is 1. The molecule has 5 nitrogen and oxygen atoms in total. The molecule has 2 rings (SSSR count). The first kappa shape index (κ1) is 13.7. The van der Waals surface area contributed by atoms with Gasteiger partial charge in [0.1, 0.15) is 0 Å². The zero-order chi connectivity index (χ0) is 14.0. The van der Waals surface area contributed by atoms with E-state index in [0.29, 0.717) is 19.0 Å². The third kappa shape index (κ3) is 2.99. The Kier molecular flexibility index (Phi) is 3.67. The molecular formula is C13H17N3O2S. The summed E-state index contributed by atoms with van der Waals surface area (Å²) in [6, 6.07) is 7.53. The molecule has 6 heteroatoms. The van der Waals surface area contributed by atoms with Crippen molar-refractivity contribution in [2.45, 2.75) is 30.2 Å². The van der Waals surface area contributed by atoms with Crippen LogP contribution < -0.4 is 10.6 Å². The van der Waals surface area contributed by atoms with E-state index in [0.717, 1.165) is 24.8 Å². The Bertz CT molecular complexity index is 615. The van der Waals surface area contributed by atoms with E-state index >= 15 is 0 Å². The van der Waals surface area contributed by atoms with Crippen molar-refractivity contribution in [1.29, 1.82) is 5.26 Å². The lowest BCUT2D eigenvalue weighted by Gasteiger charge is -2.25. The standard InChI is InChI=1S/C13H17N3O2S/c1-19(17,18)12-5-2-4-11(13(12)15)16(9-3-8-14)10-6-7-10/h2,4-5,10H,3,6-7,9,15H2,1H3. The lowest BCUT2D eigenvalue weighted by atomic mass is 10.2. The minimum absolute atomic E-state index is 0.160. The third-order valence-electron chi connectivity index (χ3n) is 3.20. The maximum absolute atomic E-state index is 11.7. The molecule has 102 valence electrons. The van der Waals surface area contributed by atoms with Gasteiger partial charge in [0.2, 0.25) is 0 Å². The Balaban J connectivity index is 2.41. The Labute approximate surface area is 113 Å². The number of rotatable bonds is 5. The molecule has 0 amide bonds. The summed E-state index contributed by atoms with van der Waals surface area (Å²) in [5.74, 6) is 0. The molecule has 1 aromatic carbocycles. The van der Waals surface area contributed by atoms with E-state index in [-0.39, 0.29) is 10.6 Å². The average molecular weight is 279 g/mol. The van der Waals surface area contributed by atoms with Crippen LogP contribution in [0, 0.1) is 11.3 Å². The quantitative estimate of drug-likeness (QED) is 0.826. The summed E-state index contributed by atoms with van der Waals surface area (Å²) in [5, 5.41) is 8.71. The van der Waals surface area contributed by atoms with Gasteiger partial charge in [0.25, 0.3) is 0 Å². The van der Waals surface area contributed by atoms with Crippen molar-refractivity contribution < 1.29 is 8.42 Å². The Morgan fingerprint density at radius 2 is 2.16 bits per heavy atom. The third-order valence-corrected chi connectivity index (χ3v) is 4.36. The molecule has 0 spiro atoms. The molecule has 1 saturated carbocycles. The highest BCUT2D eigenvalue weighted by atomic mass is 32.2. The number of anilines is 2. The molecule has 1 aromatic rings. The molecule has 0 aliphatic heterocycles. The maximum Gasteiger partial charge on any atom is 0.177 e. The van der Waals surface area contributed by atoms with Gasteiger partial charge < -0.3 is 10.6 Å². The Morgan fingerprint density at radius 3 is 2.68 bits per heavy atom. The lowest BCUT2D eigenvalue weighted by Crippen LogP contribution is -2.27. The monoisotopic (exact) mass is 279 g/mol. The summed E-state index contributed by atoms with van der Waals surface area (Å²) in [4.78, 5) is 2.21. The van der Waals surface area contributed by atoms with E-state index in [9.17, 15) is 8.42 Å². The number of nitriles is 1. The number of nitrogen functional groups attached to an aromatic ring is 1. The van der Waals surface area contributed by atoms with Crippen molar-refractivity contribution in [3.05, 3.63) is 18.2 Å². The predicted octanol–water partition coefficient (Wildman–Crippen LogP) is 1.55. The summed E-state index contributed by atoms with van der Waals surface area (Å²) in [5.41, 5.74) is 7.01. The van der Waals surface area contributed by atoms with E-state index in [4.69, 9.17) is 11.0 Å². The van der Waals surface area contributed by atoms with Crippen molar-refractivity contribution in [3.63, 3.8) is 0 Å². The second-order valence-electron chi connectivity index (χ2n) is 4.79. The van der Waals surface area contributed by atoms with Crippen LogP contribution in [0.1, 0.15) is 19.3 Å². The predicted molar refractivity (Wildman–Crippen MR) is 74.6 cm³/mol. The van der Waals surface area contributed by atoms with Gasteiger partial charge in [-0.3, -0.25) is 0 Å². The smallest absolute Gasteiger partial charge is 0.177 e. The number of nitrogens with two attached hydrogens (primary N) is 1. The maximum atomic E-state index is 11.7. The molecule has 1 aliphatic rings. The van der Waals surface area contributed by atoms with Crippen molar-refractivity contribution in [2.75, 3.05) is 23.4 Å². The molecule has 0 heterocycles. The number of para-hydroxylation sites is 1. The van der Waals surface area contributed by atoms with Crippen LogP contribution in [0.15, 0.2) is 23.1 Å². The second-order valence-corrected chi connectivity index (χ2v) is 6.78. The molecule has 2 N–H and O–H groups in total. The van der Waals surface area contributed by atoms with E-state index in [1.54, 1.807) is 6.07 Å². The van der Waals surface area contributed by atoms with Crippen molar-refractivity contribution in [1.82, 2.24) is 0 Å². The van der Waals surface area contributed by atoms with Crippen molar-refractivity contribution in [2.24, 2.45) is 0 Å². The van der Waals surface area contributed by atoms with Gasteiger partial charge in [-0.25, -0.2) is 8.42 Å². The van der Waals surface area contributed by atoms with Crippen LogP contribution in [-0.4, -0.2) is 27.3 Å². The van der Waals surface area contributed by atoms with Gasteiger partial charge >= 0.3 is 0 Å². The van der Waals surface area contributed by atoms with Gasteiger partial charge in [0.05, 0.1) is 28.8 Å². The van der Waals surface area contributed by atoms with Gasteiger partial charge in [0.15, 0.2) is 9.84 Å². The summed E-state index contributed by atoms with van der Waals surface area (Å²) in [7, 11) is -3.33. The first-order chi connectivity index (χ1) is 8.95. The van der Waals surface area contributed by atoms with E-state index in [1.165, 1.54) is 6.07 Å². The minimum atomic E-state index is -3.33. The average Bonchev–Trinajstić information content (AvgIpc) is 3.14. The Morgan fingerprint density at radius 1 is 1.47 bits per heavy atom. The van der Waals surface area contributed by atoms with Crippen LogP contribution in [0.5, 0.6) is 0 Å². The SMILES string of the molecule is CS(=O)(=O)c1cccc(N(CCC#N)C2CC2)c1N. The summed E-state index contributed by atoms with van der Waals surface area (Å²) in [6.07, 6.45) is 3.68. The number of hydrogen-bond acceptors (Lipinski definition) is 5. The molecule has 1 fully saturated rings. The fourth-order valence-electron chi connectivity index (χ4n) is 2.16. The van der Waals surface area contributed by atoms with Crippen LogP contribution in [0.3, 0.4) is 0 Å². The van der Waals surface area contributed by atoms with Gasteiger partial charge in [-0.1, -0.05) is 6.07 Å². The topological polar surface area (TPSA) is 87.2 Å². The Hall–Kier alpha value is -1.74. The molecular weight excluding hydrogens is 262 g/mol. The molecule has 0 radical (unpaired) electrons. The first-order valence-corrected chi connectivity index (χ1v) is 8.06. The van der Waals surface area contributed by atoms with Gasteiger partial charge in [-0.05, 0) is 25.0 Å². The zero-order valence-electron chi connectivity index (χ0n) is 10.8. The van der Waals surface area contributed by atoms with Gasteiger partial charge in [0, 0.05) is 18.8 Å². The number of sulfone groups is 1. The highest BCUT2D eigenvalue weighted by Crippen LogP contribution is 2.37. The minimum Gasteiger partial charge on any atom is -0.396 e. The normalized spacial score (nSPS) is 14.9. The summed E-state index contributed by atoms with van der Waals surface area (Å²) >= 11 is 0. The highest BCUT2D eigenvalue weighted by molar-refractivity contribution is 7.90. The van der Waals surface area contributed by atoms with E-state index < -0.39 is 9.84 Å². The largest absolute Gasteiger partial charge is 0.396 e. The van der Waals surface area contributed by atoms with Crippen LogP contribution in [-0.2, 0) is 9.84 Å². The van der Waals surface area contributed by atoms with E-state index in [2.05, 4.69) is 6.07 Å². The molecule has 0 aromatic heterocycles. The molecule has 0 bridgehead atoms. The van der Waals surface area contributed by atoms with Gasteiger partial charge in [-0.15, -0.1) is 0 Å². The molecule has 1 aliphatic carbocycles. The van der Waals surface area contributed by atoms with Crippen molar-refractivity contribution >= 4 is 21.2 Å². The number of nitrogens with zero attached hydrogens (tertiary/aromatic N) is 2. The first-order valence-electron chi connectivity index (χ1n) is 6.17. The van der Waals surface area contributed by atoms with E-state index in [1.807, 2.05) is 11.0 Å².